The molecule has 2 rings (SSSR count). The first-order valence-electron chi connectivity index (χ1n) is 4.77. The van der Waals surface area contributed by atoms with Gasteiger partial charge in [0.25, 0.3) is 0 Å². The van der Waals surface area contributed by atoms with Gasteiger partial charge in [-0.2, -0.15) is 0 Å². The van der Waals surface area contributed by atoms with Gasteiger partial charge in [-0.1, -0.05) is 0 Å². The quantitative estimate of drug-likeness (QED) is 0.790. The summed E-state index contributed by atoms with van der Waals surface area (Å²) in [6.45, 7) is 0. The lowest BCUT2D eigenvalue weighted by atomic mass is 10.1. The van der Waals surface area contributed by atoms with Gasteiger partial charge in [-0.3, -0.25) is 0 Å². The molecule has 1 aromatic carbocycles. The Balaban J connectivity index is 2.45. The molecule has 0 spiro atoms. The lowest BCUT2D eigenvalue weighted by Gasteiger charge is -2.01. The maximum atomic E-state index is 13.4. The molecule has 1 heterocycles. The average Bonchev–Trinajstić information content (AvgIpc) is 2.65. The Morgan fingerprint density at radius 1 is 1.18 bits per heavy atom. The number of benzene rings is 1. The highest BCUT2D eigenvalue weighted by Gasteiger charge is 2.17. The number of aromatic nitrogens is 1. The van der Waals surface area contributed by atoms with Crippen LogP contribution in [0.2, 0.25) is 0 Å². The zero-order chi connectivity index (χ0) is 12.4. The van der Waals surface area contributed by atoms with E-state index in [1.165, 1.54) is 6.20 Å². The van der Waals surface area contributed by atoms with E-state index in [4.69, 9.17) is 16.0 Å². The Morgan fingerprint density at radius 3 is 2.41 bits per heavy atom. The predicted octanol–water partition coefficient (Wildman–Crippen LogP) is 3.54. The number of rotatable bonds is 3. The van der Waals surface area contributed by atoms with Gasteiger partial charge in [0, 0.05) is 24.4 Å². The van der Waals surface area contributed by atoms with Gasteiger partial charge in [0.15, 0.2) is 11.7 Å². The summed E-state index contributed by atoms with van der Waals surface area (Å²) in [6.07, 6.45) is 1.53. The van der Waals surface area contributed by atoms with Crippen molar-refractivity contribution in [1.82, 2.24) is 4.98 Å². The minimum atomic E-state index is -1.03. The molecule has 0 aliphatic rings. The SMILES string of the molecule is Fc1cc(F)c(-c2cnc(CCCl)o2)c(F)c1. The minimum Gasteiger partial charge on any atom is -0.440 e. The lowest BCUT2D eigenvalue weighted by molar-refractivity contribution is 0.498. The fraction of sp³-hybridized carbons (Fsp3) is 0.182. The molecule has 0 radical (unpaired) electrons. The number of halogens is 4. The fourth-order valence-electron chi connectivity index (χ4n) is 1.40. The van der Waals surface area contributed by atoms with E-state index in [0.29, 0.717) is 18.6 Å². The predicted molar refractivity (Wildman–Crippen MR) is 56.2 cm³/mol. The molecule has 0 unspecified atom stereocenters. The Hall–Kier alpha value is -1.49. The van der Waals surface area contributed by atoms with Crippen molar-refractivity contribution < 1.29 is 17.6 Å². The third kappa shape index (κ3) is 2.44. The van der Waals surface area contributed by atoms with E-state index in [1.54, 1.807) is 0 Å². The number of hydrogen-bond donors (Lipinski definition) is 0. The molecule has 2 aromatic rings. The molecule has 0 bridgehead atoms. The van der Waals surface area contributed by atoms with Crippen molar-refractivity contribution in [2.75, 3.05) is 5.88 Å². The molecule has 0 aliphatic heterocycles. The van der Waals surface area contributed by atoms with Crippen LogP contribution in [0, 0.1) is 17.5 Å². The smallest absolute Gasteiger partial charge is 0.196 e. The first-order valence-corrected chi connectivity index (χ1v) is 5.31. The summed E-state index contributed by atoms with van der Waals surface area (Å²) in [6, 6.07) is 1.17. The maximum Gasteiger partial charge on any atom is 0.196 e. The molecule has 0 aliphatic carbocycles. The highest BCUT2D eigenvalue weighted by atomic mass is 35.5. The van der Waals surface area contributed by atoms with Crippen LogP contribution in [-0.4, -0.2) is 10.9 Å². The van der Waals surface area contributed by atoms with E-state index in [9.17, 15) is 13.2 Å². The first kappa shape index (κ1) is 12.0. The van der Waals surface area contributed by atoms with Crippen molar-refractivity contribution in [3.63, 3.8) is 0 Å². The van der Waals surface area contributed by atoms with Crippen LogP contribution in [0.5, 0.6) is 0 Å². The summed E-state index contributed by atoms with van der Waals surface area (Å²) >= 11 is 5.48. The van der Waals surface area contributed by atoms with E-state index in [1.807, 2.05) is 0 Å². The average molecular weight is 262 g/mol. The van der Waals surface area contributed by atoms with E-state index in [2.05, 4.69) is 4.98 Å². The van der Waals surface area contributed by atoms with Gasteiger partial charge in [0.1, 0.15) is 17.5 Å². The van der Waals surface area contributed by atoms with Crippen molar-refractivity contribution in [3.8, 4) is 11.3 Å². The van der Waals surface area contributed by atoms with Crippen LogP contribution >= 0.6 is 11.6 Å². The van der Waals surface area contributed by atoms with Crippen LogP contribution in [0.3, 0.4) is 0 Å². The van der Waals surface area contributed by atoms with Gasteiger partial charge in [-0.15, -0.1) is 11.6 Å². The Morgan fingerprint density at radius 2 is 1.82 bits per heavy atom. The Labute approximate surface area is 100 Å². The van der Waals surface area contributed by atoms with Gasteiger partial charge in [0.05, 0.1) is 11.8 Å². The van der Waals surface area contributed by atoms with Crippen LogP contribution in [0.15, 0.2) is 22.7 Å². The third-order valence-electron chi connectivity index (χ3n) is 2.12. The van der Waals surface area contributed by atoms with Crippen LogP contribution in [0.4, 0.5) is 13.2 Å². The van der Waals surface area contributed by atoms with Gasteiger partial charge >= 0.3 is 0 Å². The largest absolute Gasteiger partial charge is 0.440 e. The van der Waals surface area contributed by atoms with Crippen molar-refractivity contribution >= 4 is 11.6 Å². The molecule has 6 heteroatoms. The summed E-state index contributed by atoms with van der Waals surface area (Å²) in [5.41, 5.74) is -0.431. The molecule has 0 atom stereocenters. The fourth-order valence-corrected chi connectivity index (χ4v) is 1.56. The molecular weight excluding hydrogens is 255 g/mol. The highest BCUT2D eigenvalue weighted by Crippen LogP contribution is 2.27. The molecule has 0 saturated heterocycles. The second-order valence-electron chi connectivity index (χ2n) is 3.30. The second kappa shape index (κ2) is 4.79. The summed E-state index contributed by atoms with van der Waals surface area (Å²) in [7, 11) is 0. The van der Waals surface area contributed by atoms with E-state index in [0.717, 1.165) is 0 Å². The topological polar surface area (TPSA) is 26.0 Å². The van der Waals surface area contributed by atoms with Crippen LogP contribution in [-0.2, 0) is 6.42 Å². The molecule has 90 valence electrons. The highest BCUT2D eigenvalue weighted by molar-refractivity contribution is 6.17. The standard InChI is InChI=1S/C11H7ClF3NO/c12-2-1-10-16-5-9(17-10)11-7(14)3-6(13)4-8(11)15/h3-5H,1-2H2. The zero-order valence-corrected chi connectivity index (χ0v) is 9.27. The summed E-state index contributed by atoms with van der Waals surface area (Å²) in [4.78, 5) is 3.81. The number of oxazole rings is 1. The van der Waals surface area contributed by atoms with Gasteiger partial charge in [-0.05, 0) is 0 Å². The summed E-state index contributed by atoms with van der Waals surface area (Å²) < 4.78 is 44.6. The molecule has 0 saturated carbocycles. The zero-order valence-electron chi connectivity index (χ0n) is 8.51. The Bertz CT molecular complexity index is 518. The molecule has 0 N–H and O–H groups in total. The van der Waals surface area contributed by atoms with Crippen molar-refractivity contribution in [2.24, 2.45) is 0 Å². The van der Waals surface area contributed by atoms with Crippen molar-refractivity contribution in [1.29, 1.82) is 0 Å². The van der Waals surface area contributed by atoms with Gasteiger partial charge in [0.2, 0.25) is 0 Å². The lowest BCUT2D eigenvalue weighted by Crippen LogP contribution is -1.91. The van der Waals surface area contributed by atoms with E-state index < -0.39 is 23.0 Å². The molecular formula is C11H7ClF3NO. The Kier molecular flexibility index (Phi) is 3.38. The number of aryl methyl sites for hydroxylation is 1. The minimum absolute atomic E-state index is 0.0832. The van der Waals surface area contributed by atoms with Crippen LogP contribution in [0.25, 0.3) is 11.3 Å². The van der Waals surface area contributed by atoms with Crippen molar-refractivity contribution in [3.05, 3.63) is 41.7 Å². The monoisotopic (exact) mass is 261 g/mol. The number of nitrogens with zero attached hydrogens (tertiary/aromatic N) is 1. The third-order valence-corrected chi connectivity index (χ3v) is 2.30. The molecule has 0 amide bonds. The molecule has 0 fully saturated rings. The van der Waals surface area contributed by atoms with E-state index >= 15 is 0 Å². The second-order valence-corrected chi connectivity index (χ2v) is 3.68. The molecule has 2 nitrogen and oxygen atoms in total. The number of alkyl halides is 1. The summed E-state index contributed by atoms with van der Waals surface area (Å²) in [5, 5.41) is 0. The first-order chi connectivity index (χ1) is 8.11. The molecule has 1 aromatic heterocycles. The molecule has 17 heavy (non-hydrogen) atoms. The van der Waals surface area contributed by atoms with Crippen LogP contribution < -0.4 is 0 Å². The normalized spacial score (nSPS) is 10.8. The van der Waals surface area contributed by atoms with Crippen molar-refractivity contribution in [2.45, 2.75) is 6.42 Å². The number of hydrogen-bond acceptors (Lipinski definition) is 2. The van der Waals surface area contributed by atoms with E-state index in [-0.39, 0.29) is 17.5 Å². The van der Waals surface area contributed by atoms with Gasteiger partial charge < -0.3 is 4.42 Å². The van der Waals surface area contributed by atoms with Gasteiger partial charge in [-0.25, -0.2) is 18.2 Å². The maximum absolute atomic E-state index is 13.4. The summed E-state index contributed by atoms with van der Waals surface area (Å²) in [5.74, 6) is -2.57. The van der Waals surface area contributed by atoms with Crippen LogP contribution in [0.1, 0.15) is 5.89 Å².